The van der Waals surface area contributed by atoms with Crippen LogP contribution in [-0.2, 0) is 22.6 Å². The summed E-state index contributed by atoms with van der Waals surface area (Å²) in [5.74, 6) is 1.63. The van der Waals surface area contributed by atoms with Crippen molar-refractivity contribution in [3.05, 3.63) is 42.5 Å². The molecule has 1 aromatic carbocycles. The second kappa shape index (κ2) is 8.03. The molecule has 0 radical (unpaired) electrons. The Bertz CT molecular complexity index is 787. The quantitative estimate of drug-likeness (QED) is 0.820. The highest BCUT2D eigenvalue weighted by Crippen LogP contribution is 2.25. The number of rotatable bonds is 7. The van der Waals surface area contributed by atoms with Gasteiger partial charge in [0.05, 0.1) is 13.2 Å². The van der Waals surface area contributed by atoms with E-state index in [0.717, 1.165) is 17.9 Å². The number of nitrogens with zero attached hydrogens (tertiary/aromatic N) is 3. The van der Waals surface area contributed by atoms with E-state index in [9.17, 15) is 9.59 Å². The van der Waals surface area contributed by atoms with Crippen LogP contribution in [-0.4, -0.2) is 41.1 Å². The van der Waals surface area contributed by atoms with Crippen LogP contribution in [0, 0.1) is 0 Å². The van der Waals surface area contributed by atoms with Gasteiger partial charge < -0.3 is 19.5 Å². The van der Waals surface area contributed by atoms with Gasteiger partial charge in [0.25, 0.3) is 0 Å². The van der Waals surface area contributed by atoms with Gasteiger partial charge in [0.15, 0.2) is 0 Å². The Balaban J connectivity index is 1.54. The van der Waals surface area contributed by atoms with Crippen molar-refractivity contribution in [2.45, 2.75) is 38.8 Å². The molecule has 0 bridgehead atoms. The fraction of sp³-hybridized carbons (Fsp3) is 0.421. The number of benzene rings is 1. The summed E-state index contributed by atoms with van der Waals surface area (Å²) < 4.78 is 7.20. The molecular formula is C19H24N4O3. The van der Waals surface area contributed by atoms with Crippen molar-refractivity contribution in [3.8, 4) is 5.75 Å². The van der Waals surface area contributed by atoms with Crippen LogP contribution in [0.5, 0.6) is 5.75 Å². The summed E-state index contributed by atoms with van der Waals surface area (Å²) in [6.45, 7) is 3.11. The fourth-order valence-electron chi connectivity index (χ4n) is 3.21. The first kappa shape index (κ1) is 18.0. The van der Waals surface area contributed by atoms with Gasteiger partial charge in [0.2, 0.25) is 11.8 Å². The molecule has 2 heterocycles. The molecule has 2 amide bonds. The van der Waals surface area contributed by atoms with E-state index in [1.807, 2.05) is 42.0 Å². The van der Waals surface area contributed by atoms with E-state index in [0.29, 0.717) is 31.7 Å². The first-order valence-electron chi connectivity index (χ1n) is 8.84. The number of methoxy groups -OCH3 is 1. The Morgan fingerprint density at radius 3 is 3.04 bits per heavy atom. The summed E-state index contributed by atoms with van der Waals surface area (Å²) in [5.41, 5.74) is 0.789. The summed E-state index contributed by atoms with van der Waals surface area (Å²) in [7, 11) is 1.60. The minimum absolute atomic E-state index is 0.00596. The summed E-state index contributed by atoms with van der Waals surface area (Å²) >= 11 is 0. The lowest BCUT2D eigenvalue weighted by Crippen LogP contribution is -2.37. The molecule has 1 N–H and O–H groups in total. The van der Waals surface area contributed by atoms with Gasteiger partial charge in [-0.1, -0.05) is 13.0 Å². The molecule has 2 aromatic rings. The van der Waals surface area contributed by atoms with E-state index >= 15 is 0 Å². The van der Waals surface area contributed by atoms with Crippen LogP contribution in [0.2, 0.25) is 0 Å². The molecule has 3 rings (SSSR count). The first-order valence-corrected chi connectivity index (χ1v) is 8.84. The highest BCUT2D eigenvalue weighted by Gasteiger charge is 2.31. The number of anilines is 1. The van der Waals surface area contributed by atoms with Crippen molar-refractivity contribution < 1.29 is 14.3 Å². The van der Waals surface area contributed by atoms with E-state index < -0.39 is 0 Å². The van der Waals surface area contributed by atoms with Crippen molar-refractivity contribution in [2.75, 3.05) is 18.6 Å². The molecule has 1 aromatic heterocycles. The molecule has 1 aliphatic rings. The lowest BCUT2D eigenvalue weighted by atomic mass is 10.2. The maximum absolute atomic E-state index is 12.3. The van der Waals surface area contributed by atoms with Gasteiger partial charge in [-0.15, -0.1) is 0 Å². The number of carbonyl (C=O) groups excluding carboxylic acids is 2. The van der Waals surface area contributed by atoms with Gasteiger partial charge in [0.1, 0.15) is 11.6 Å². The summed E-state index contributed by atoms with van der Waals surface area (Å²) in [4.78, 5) is 30.5. The molecule has 1 atom stereocenters. The van der Waals surface area contributed by atoms with Gasteiger partial charge in [0, 0.05) is 56.5 Å². The molecular weight excluding hydrogens is 332 g/mol. The third-order valence-electron chi connectivity index (χ3n) is 4.55. The molecule has 0 aliphatic carbocycles. The monoisotopic (exact) mass is 356 g/mol. The van der Waals surface area contributed by atoms with E-state index in [2.05, 4.69) is 10.3 Å². The lowest BCUT2D eigenvalue weighted by molar-refractivity contribution is -0.122. The third-order valence-corrected chi connectivity index (χ3v) is 4.55. The predicted octanol–water partition coefficient (Wildman–Crippen LogP) is 1.77. The standard InChI is InChI=1S/C19H24N4O3/c1-3-17-20-8-10-22(17)9-7-18(24)21-14-11-19(25)23(13-14)15-5-4-6-16(12-15)26-2/h4-6,8,10,12,14H,3,7,9,11,13H2,1-2H3,(H,21,24)/t14-/m0/s1. The van der Waals surface area contributed by atoms with Gasteiger partial charge in [-0.25, -0.2) is 4.98 Å². The zero-order chi connectivity index (χ0) is 18.5. The Morgan fingerprint density at radius 2 is 2.27 bits per heavy atom. The number of ether oxygens (including phenoxy) is 1. The number of aromatic nitrogens is 2. The van der Waals surface area contributed by atoms with Crippen molar-refractivity contribution in [1.82, 2.24) is 14.9 Å². The van der Waals surface area contributed by atoms with Gasteiger partial charge in [-0.05, 0) is 12.1 Å². The molecule has 138 valence electrons. The van der Waals surface area contributed by atoms with Crippen LogP contribution >= 0.6 is 0 Å². The summed E-state index contributed by atoms with van der Waals surface area (Å²) in [6, 6.07) is 7.21. The van der Waals surface area contributed by atoms with Crippen LogP contribution in [0.25, 0.3) is 0 Å². The second-order valence-corrected chi connectivity index (χ2v) is 6.31. The van der Waals surface area contributed by atoms with Crippen LogP contribution in [0.15, 0.2) is 36.7 Å². The Kier molecular flexibility index (Phi) is 5.55. The van der Waals surface area contributed by atoms with Crippen LogP contribution in [0.1, 0.15) is 25.6 Å². The number of carbonyl (C=O) groups is 2. The minimum Gasteiger partial charge on any atom is -0.497 e. The highest BCUT2D eigenvalue weighted by molar-refractivity contribution is 5.97. The smallest absolute Gasteiger partial charge is 0.229 e. The second-order valence-electron chi connectivity index (χ2n) is 6.31. The van der Waals surface area contributed by atoms with E-state index in [1.54, 1.807) is 18.2 Å². The average molecular weight is 356 g/mol. The minimum atomic E-state index is -0.172. The van der Waals surface area contributed by atoms with Crippen LogP contribution < -0.4 is 15.0 Å². The van der Waals surface area contributed by atoms with Gasteiger partial charge in [-0.3, -0.25) is 9.59 Å². The molecule has 0 spiro atoms. The number of nitrogens with one attached hydrogen (secondary N) is 1. The van der Waals surface area contributed by atoms with E-state index in [1.165, 1.54) is 0 Å². The van der Waals surface area contributed by atoms with Crippen LogP contribution in [0.4, 0.5) is 5.69 Å². The Labute approximate surface area is 153 Å². The number of imidazole rings is 1. The topological polar surface area (TPSA) is 76.5 Å². The fourth-order valence-corrected chi connectivity index (χ4v) is 3.21. The van der Waals surface area contributed by atoms with Crippen molar-refractivity contribution in [2.24, 2.45) is 0 Å². The zero-order valence-electron chi connectivity index (χ0n) is 15.1. The maximum atomic E-state index is 12.3. The summed E-state index contributed by atoms with van der Waals surface area (Å²) in [5, 5.41) is 2.97. The molecule has 26 heavy (non-hydrogen) atoms. The van der Waals surface area contributed by atoms with E-state index in [-0.39, 0.29) is 17.9 Å². The predicted molar refractivity (Wildman–Crippen MR) is 98.1 cm³/mol. The van der Waals surface area contributed by atoms with E-state index in [4.69, 9.17) is 4.74 Å². The third kappa shape index (κ3) is 4.04. The Morgan fingerprint density at radius 1 is 1.42 bits per heavy atom. The molecule has 1 fully saturated rings. The average Bonchev–Trinajstić information content (AvgIpc) is 3.25. The molecule has 0 saturated carbocycles. The van der Waals surface area contributed by atoms with Gasteiger partial charge in [-0.2, -0.15) is 0 Å². The molecule has 0 unspecified atom stereocenters. The summed E-state index contributed by atoms with van der Waals surface area (Å²) in [6.07, 6.45) is 5.15. The van der Waals surface area contributed by atoms with Gasteiger partial charge >= 0.3 is 0 Å². The number of hydrogen-bond donors (Lipinski definition) is 1. The normalized spacial score (nSPS) is 16.8. The SMILES string of the molecule is CCc1nccn1CCC(=O)N[C@H]1CC(=O)N(c2cccc(OC)c2)C1. The van der Waals surface area contributed by atoms with Crippen LogP contribution in [0.3, 0.4) is 0 Å². The highest BCUT2D eigenvalue weighted by atomic mass is 16.5. The molecule has 7 heteroatoms. The number of aryl methyl sites for hydroxylation is 2. The Hall–Kier alpha value is -2.83. The molecule has 7 nitrogen and oxygen atoms in total. The largest absolute Gasteiger partial charge is 0.497 e. The molecule has 1 aliphatic heterocycles. The number of amides is 2. The maximum Gasteiger partial charge on any atom is 0.229 e. The van der Waals surface area contributed by atoms with Crippen molar-refractivity contribution in [3.63, 3.8) is 0 Å². The van der Waals surface area contributed by atoms with Crippen molar-refractivity contribution in [1.29, 1.82) is 0 Å². The first-order chi connectivity index (χ1) is 12.6. The zero-order valence-corrected chi connectivity index (χ0v) is 15.1. The van der Waals surface area contributed by atoms with Crippen molar-refractivity contribution >= 4 is 17.5 Å². The lowest BCUT2D eigenvalue weighted by Gasteiger charge is -2.18. The molecule has 1 saturated heterocycles. The number of hydrogen-bond acceptors (Lipinski definition) is 4.